The predicted molar refractivity (Wildman–Crippen MR) is 153 cm³/mol. The van der Waals surface area contributed by atoms with E-state index in [1.165, 1.54) is 42.5 Å². The van der Waals surface area contributed by atoms with Crippen molar-refractivity contribution in [2.75, 3.05) is 30.7 Å². The molecule has 1 heterocycles. The molecule has 9 nitrogen and oxygen atoms in total. The number of anilines is 1. The number of nitrogens with one attached hydrogen (secondary N) is 1. The Labute approximate surface area is 243 Å². The number of likely N-dealkylation sites (tertiary alicyclic amines) is 1. The topological polar surface area (TPSA) is 116 Å². The molecule has 212 valence electrons. The normalized spacial score (nSPS) is 14.0. The van der Waals surface area contributed by atoms with Crippen molar-refractivity contribution in [3.8, 4) is 5.75 Å². The van der Waals surface area contributed by atoms with Crippen molar-refractivity contribution in [1.82, 2.24) is 10.2 Å². The van der Waals surface area contributed by atoms with Crippen molar-refractivity contribution < 1.29 is 28.0 Å². The minimum absolute atomic E-state index is 0.0804. The van der Waals surface area contributed by atoms with Gasteiger partial charge in [-0.2, -0.15) is 8.42 Å². The number of carbonyl (C=O) groups is 2. The van der Waals surface area contributed by atoms with E-state index in [2.05, 4.69) is 5.32 Å². The highest BCUT2D eigenvalue weighted by Crippen LogP contribution is 2.32. The van der Waals surface area contributed by atoms with Crippen molar-refractivity contribution >= 4 is 50.7 Å². The Morgan fingerprint density at radius 2 is 1.68 bits per heavy atom. The Kier molecular flexibility index (Phi) is 9.91. The van der Waals surface area contributed by atoms with Crippen LogP contribution in [0, 0.1) is 5.92 Å². The van der Waals surface area contributed by atoms with Crippen LogP contribution in [0.15, 0.2) is 77.7 Å². The quantitative estimate of drug-likeness (QED) is 0.328. The third kappa shape index (κ3) is 7.25. The standard InChI is InChI=1S/C28H29Cl2N3O6S/c29-22-8-11-26(25(30)18-22)39-33(23-4-2-1-3-5-23)40(37,38)24-9-6-21(7-10-24)28(36)31-19-27(35)32-15-12-20(13-16-32)14-17-34/h1-11,18,20,34H,12-17,19H2,(H,31,36). The zero-order chi connectivity index (χ0) is 28.7. The minimum atomic E-state index is -4.26. The second-order valence-electron chi connectivity index (χ2n) is 9.28. The van der Waals surface area contributed by atoms with Crippen LogP contribution in [0.3, 0.4) is 0 Å². The Hall–Kier alpha value is -3.31. The second-order valence-corrected chi connectivity index (χ2v) is 11.9. The fourth-order valence-electron chi connectivity index (χ4n) is 4.33. The van der Waals surface area contributed by atoms with Crippen molar-refractivity contribution in [2.24, 2.45) is 5.92 Å². The average Bonchev–Trinajstić information content (AvgIpc) is 2.96. The van der Waals surface area contributed by atoms with E-state index in [0.717, 1.165) is 23.7 Å². The Morgan fingerprint density at radius 1 is 1.00 bits per heavy atom. The minimum Gasteiger partial charge on any atom is -0.396 e. The van der Waals surface area contributed by atoms with Gasteiger partial charge >= 0.3 is 0 Å². The largest absolute Gasteiger partial charge is 0.396 e. The number of hydrogen-bond acceptors (Lipinski definition) is 6. The number of aliphatic hydroxyl groups is 1. The zero-order valence-electron chi connectivity index (χ0n) is 21.5. The second kappa shape index (κ2) is 13.4. The van der Waals surface area contributed by atoms with E-state index >= 15 is 0 Å². The highest BCUT2D eigenvalue weighted by atomic mass is 35.5. The molecule has 0 aliphatic carbocycles. The summed E-state index contributed by atoms with van der Waals surface area (Å²) in [6.07, 6.45) is 2.38. The van der Waals surface area contributed by atoms with E-state index in [9.17, 15) is 18.0 Å². The fraction of sp³-hybridized carbons (Fsp3) is 0.286. The van der Waals surface area contributed by atoms with Crippen molar-refractivity contribution in [3.05, 3.63) is 88.4 Å². The summed E-state index contributed by atoms with van der Waals surface area (Å²) in [6.45, 7) is 1.16. The first kappa shape index (κ1) is 29.7. The summed E-state index contributed by atoms with van der Waals surface area (Å²) in [7, 11) is -4.26. The van der Waals surface area contributed by atoms with Crippen LogP contribution in [0.25, 0.3) is 0 Å². The number of carbonyl (C=O) groups excluding carboxylic acids is 2. The third-order valence-corrected chi connectivity index (χ3v) is 8.70. The number of hydrogen-bond donors (Lipinski definition) is 2. The van der Waals surface area contributed by atoms with E-state index in [1.54, 1.807) is 35.2 Å². The molecule has 4 rings (SSSR count). The van der Waals surface area contributed by atoms with Crippen LogP contribution in [-0.2, 0) is 14.8 Å². The van der Waals surface area contributed by atoms with Gasteiger partial charge in [-0.3, -0.25) is 9.59 Å². The van der Waals surface area contributed by atoms with Crippen LogP contribution >= 0.6 is 23.2 Å². The average molecular weight is 607 g/mol. The number of piperidine rings is 1. The molecule has 0 bridgehead atoms. The summed E-state index contributed by atoms with van der Waals surface area (Å²) >= 11 is 12.2. The van der Waals surface area contributed by atoms with Gasteiger partial charge in [-0.15, -0.1) is 0 Å². The van der Waals surface area contributed by atoms with Gasteiger partial charge in [-0.25, -0.2) is 0 Å². The summed E-state index contributed by atoms with van der Waals surface area (Å²) in [6, 6.07) is 17.9. The van der Waals surface area contributed by atoms with Gasteiger partial charge in [0, 0.05) is 30.3 Å². The summed E-state index contributed by atoms with van der Waals surface area (Å²) in [5.74, 6) is -0.204. The molecule has 0 atom stereocenters. The first-order chi connectivity index (χ1) is 19.2. The smallest absolute Gasteiger partial charge is 0.295 e. The highest BCUT2D eigenvalue weighted by Gasteiger charge is 2.29. The molecule has 0 radical (unpaired) electrons. The molecule has 3 aromatic carbocycles. The Morgan fingerprint density at radius 3 is 2.30 bits per heavy atom. The molecule has 2 amide bonds. The predicted octanol–water partition coefficient (Wildman–Crippen LogP) is 4.53. The lowest BCUT2D eigenvalue weighted by atomic mass is 9.94. The van der Waals surface area contributed by atoms with Gasteiger partial charge in [0.2, 0.25) is 5.91 Å². The zero-order valence-corrected chi connectivity index (χ0v) is 23.8. The summed E-state index contributed by atoms with van der Waals surface area (Å²) in [5.41, 5.74) is 0.426. The van der Waals surface area contributed by atoms with E-state index in [4.69, 9.17) is 33.1 Å². The molecule has 2 N–H and O–H groups in total. The molecular formula is C28H29Cl2N3O6S. The maximum atomic E-state index is 13.6. The summed E-state index contributed by atoms with van der Waals surface area (Å²) < 4.78 is 28.0. The number of halogens is 2. The molecule has 1 aliphatic rings. The summed E-state index contributed by atoms with van der Waals surface area (Å²) in [4.78, 5) is 32.5. The molecule has 0 saturated carbocycles. The maximum Gasteiger partial charge on any atom is 0.295 e. The lowest BCUT2D eigenvalue weighted by molar-refractivity contribution is -0.131. The Balaban J connectivity index is 1.44. The number of sulfonamides is 1. The SMILES string of the molecule is O=C(NCC(=O)N1CCC(CCO)CC1)c1ccc(S(=O)(=O)N(Oc2ccc(Cl)cc2Cl)c2ccccc2)cc1. The van der Waals surface area contributed by atoms with Gasteiger partial charge < -0.3 is 20.2 Å². The third-order valence-electron chi connectivity index (χ3n) is 6.58. The molecule has 0 unspecified atom stereocenters. The van der Waals surface area contributed by atoms with Crippen molar-refractivity contribution in [3.63, 3.8) is 0 Å². The molecule has 1 fully saturated rings. The van der Waals surface area contributed by atoms with Gasteiger partial charge in [0.15, 0.2) is 5.75 Å². The van der Waals surface area contributed by atoms with Gasteiger partial charge in [-0.1, -0.05) is 45.9 Å². The molecule has 40 heavy (non-hydrogen) atoms. The van der Waals surface area contributed by atoms with Crippen LogP contribution in [0.4, 0.5) is 5.69 Å². The number of rotatable bonds is 10. The number of amides is 2. The number of aliphatic hydroxyl groups excluding tert-OH is 1. The van der Waals surface area contributed by atoms with Gasteiger partial charge in [0.1, 0.15) is 0 Å². The molecular weight excluding hydrogens is 577 g/mol. The molecule has 0 aromatic heterocycles. The van der Waals surface area contributed by atoms with Crippen LogP contribution < -0.4 is 14.6 Å². The molecule has 1 saturated heterocycles. The molecule has 3 aromatic rings. The lowest BCUT2D eigenvalue weighted by Gasteiger charge is -2.31. The molecule has 0 spiro atoms. The van der Waals surface area contributed by atoms with Crippen molar-refractivity contribution in [2.45, 2.75) is 24.2 Å². The van der Waals surface area contributed by atoms with Crippen LogP contribution in [-0.4, -0.2) is 56.5 Å². The monoisotopic (exact) mass is 605 g/mol. The first-order valence-electron chi connectivity index (χ1n) is 12.7. The highest BCUT2D eigenvalue weighted by molar-refractivity contribution is 7.92. The first-order valence-corrected chi connectivity index (χ1v) is 14.9. The Bertz CT molecular complexity index is 1430. The van der Waals surface area contributed by atoms with E-state index in [0.29, 0.717) is 24.0 Å². The van der Waals surface area contributed by atoms with Crippen LogP contribution in [0.1, 0.15) is 29.6 Å². The summed E-state index contributed by atoms with van der Waals surface area (Å²) in [5, 5.41) is 12.2. The number of benzene rings is 3. The number of para-hydroxylation sites is 1. The lowest BCUT2D eigenvalue weighted by Crippen LogP contribution is -2.44. The molecule has 12 heteroatoms. The fourth-order valence-corrected chi connectivity index (χ4v) is 6.02. The van der Waals surface area contributed by atoms with E-state index < -0.39 is 15.9 Å². The maximum absolute atomic E-state index is 13.6. The van der Waals surface area contributed by atoms with Crippen LogP contribution in [0.5, 0.6) is 5.75 Å². The van der Waals surface area contributed by atoms with E-state index in [1.807, 2.05) is 0 Å². The molecule has 1 aliphatic heterocycles. The van der Waals surface area contributed by atoms with Gasteiger partial charge in [-0.05, 0) is 79.8 Å². The number of nitrogens with zero attached hydrogens (tertiary/aromatic N) is 2. The van der Waals surface area contributed by atoms with Gasteiger partial charge in [0.25, 0.3) is 15.9 Å². The van der Waals surface area contributed by atoms with Crippen LogP contribution in [0.2, 0.25) is 10.0 Å². The van der Waals surface area contributed by atoms with E-state index in [-0.39, 0.29) is 46.0 Å². The van der Waals surface area contributed by atoms with Crippen molar-refractivity contribution in [1.29, 1.82) is 0 Å². The van der Waals surface area contributed by atoms with Gasteiger partial charge in [0.05, 0.1) is 22.2 Å².